The van der Waals surface area contributed by atoms with E-state index in [4.69, 9.17) is 14.2 Å². The Morgan fingerprint density at radius 3 is 2.76 bits per heavy atom. The zero-order valence-electron chi connectivity index (χ0n) is 13.4. The molecular weight excluding hydrogens is 326 g/mol. The molecule has 25 heavy (non-hydrogen) atoms. The molecule has 0 aliphatic carbocycles. The first kappa shape index (κ1) is 16.7. The summed E-state index contributed by atoms with van der Waals surface area (Å²) >= 11 is 0. The number of aromatic hydroxyl groups is 1. The van der Waals surface area contributed by atoms with Crippen LogP contribution in [-0.4, -0.2) is 16.7 Å². The van der Waals surface area contributed by atoms with E-state index in [-0.39, 0.29) is 29.4 Å². The minimum Gasteiger partial charge on any atom is -0.505 e. The van der Waals surface area contributed by atoms with Gasteiger partial charge in [-0.25, -0.2) is 19.6 Å². The Morgan fingerprint density at radius 2 is 2.00 bits per heavy atom. The van der Waals surface area contributed by atoms with Gasteiger partial charge in [0.15, 0.2) is 11.6 Å². The van der Waals surface area contributed by atoms with Gasteiger partial charge in [0.1, 0.15) is 12.2 Å². The molecule has 8 nitrogen and oxygen atoms in total. The molecule has 8 heteroatoms. The van der Waals surface area contributed by atoms with Crippen molar-refractivity contribution in [2.24, 2.45) is 10.2 Å². The molecule has 0 fully saturated rings. The van der Waals surface area contributed by atoms with E-state index in [1.807, 2.05) is 6.92 Å². The summed E-state index contributed by atoms with van der Waals surface area (Å²) < 4.78 is 5.12. The molecule has 0 radical (unpaired) electrons. The molecule has 1 N–H and O–H groups in total. The normalized spacial score (nSPS) is 11.4. The Hall–Kier alpha value is -3.10. The van der Waals surface area contributed by atoms with Crippen LogP contribution in [0.4, 0.5) is 11.5 Å². The second-order valence-electron chi connectivity index (χ2n) is 4.98. The average molecular weight is 341 g/mol. The van der Waals surface area contributed by atoms with Gasteiger partial charge in [-0.3, -0.25) is 0 Å². The molecule has 2 aromatic heterocycles. The number of aromatic nitrogens is 1. The zero-order valence-corrected chi connectivity index (χ0v) is 13.4. The summed E-state index contributed by atoms with van der Waals surface area (Å²) in [6.45, 7) is 2.53. The second-order valence-corrected chi connectivity index (χ2v) is 4.98. The number of fused-ring (bicyclic) bond motifs is 1. The van der Waals surface area contributed by atoms with E-state index in [2.05, 4.69) is 15.2 Å². The first-order valence-corrected chi connectivity index (χ1v) is 7.55. The van der Waals surface area contributed by atoms with E-state index in [1.165, 1.54) is 0 Å². The van der Waals surface area contributed by atoms with Gasteiger partial charge in [0.25, 0.3) is 0 Å². The van der Waals surface area contributed by atoms with E-state index in [1.54, 1.807) is 42.6 Å². The van der Waals surface area contributed by atoms with Crippen LogP contribution in [0.1, 0.15) is 12.5 Å². The maximum Gasteiger partial charge on any atom is 0.368 e. The number of nitrogens with zero attached hydrogens (tertiary/aromatic N) is 3. The molecule has 0 aliphatic heterocycles. The first-order chi connectivity index (χ1) is 12.2. The van der Waals surface area contributed by atoms with Crippen molar-refractivity contribution >= 4 is 22.5 Å². The Balaban J connectivity index is 1.82. The molecule has 3 rings (SSSR count). The minimum absolute atomic E-state index is 0.257. The van der Waals surface area contributed by atoms with Crippen molar-refractivity contribution in [1.29, 1.82) is 0 Å². The van der Waals surface area contributed by atoms with E-state index in [9.17, 15) is 9.90 Å². The highest BCUT2D eigenvalue weighted by Crippen LogP contribution is 2.31. The third-order valence-electron chi connectivity index (χ3n) is 3.25. The molecule has 3 aromatic rings. The van der Waals surface area contributed by atoms with Gasteiger partial charge in [0.2, 0.25) is 5.69 Å². The van der Waals surface area contributed by atoms with Crippen LogP contribution in [0.5, 0.6) is 5.75 Å². The van der Waals surface area contributed by atoms with Crippen LogP contribution in [0.2, 0.25) is 0 Å². The van der Waals surface area contributed by atoms with E-state index in [0.29, 0.717) is 12.0 Å². The fourth-order valence-electron chi connectivity index (χ4n) is 2.07. The van der Waals surface area contributed by atoms with Gasteiger partial charge < -0.3 is 9.52 Å². The van der Waals surface area contributed by atoms with Gasteiger partial charge in [-0.2, -0.15) is 0 Å². The van der Waals surface area contributed by atoms with E-state index >= 15 is 0 Å². The summed E-state index contributed by atoms with van der Waals surface area (Å²) in [5, 5.41) is 18.2. The van der Waals surface area contributed by atoms with Crippen molar-refractivity contribution in [3.8, 4) is 5.75 Å². The van der Waals surface area contributed by atoms with Crippen LogP contribution in [0.3, 0.4) is 0 Å². The molecule has 0 unspecified atom stereocenters. The lowest BCUT2D eigenvalue weighted by atomic mass is 10.2. The molecule has 2 heterocycles. The summed E-state index contributed by atoms with van der Waals surface area (Å²) in [6.07, 6.45) is 1.55. The third kappa shape index (κ3) is 3.87. The topological polar surface area (TPSA) is 107 Å². The van der Waals surface area contributed by atoms with Crippen molar-refractivity contribution in [3.63, 3.8) is 0 Å². The van der Waals surface area contributed by atoms with Gasteiger partial charge in [-0.15, -0.1) is 10.2 Å². The monoisotopic (exact) mass is 341 g/mol. The minimum atomic E-state index is -0.776. The third-order valence-corrected chi connectivity index (χ3v) is 3.25. The number of hydrogen-bond acceptors (Lipinski definition) is 8. The Bertz CT molecular complexity index is 951. The van der Waals surface area contributed by atoms with Crippen molar-refractivity contribution in [2.75, 3.05) is 6.61 Å². The Kier molecular flexibility index (Phi) is 5.12. The van der Waals surface area contributed by atoms with Crippen LogP contribution in [-0.2, 0) is 16.4 Å². The van der Waals surface area contributed by atoms with Gasteiger partial charge in [0, 0.05) is 6.20 Å². The molecule has 0 amide bonds. The highest BCUT2D eigenvalue weighted by molar-refractivity contribution is 5.87. The predicted octanol–water partition coefficient (Wildman–Crippen LogP) is 3.78. The van der Waals surface area contributed by atoms with Crippen LogP contribution in [0.25, 0.3) is 11.0 Å². The molecule has 0 spiro atoms. The summed E-state index contributed by atoms with van der Waals surface area (Å²) in [7, 11) is 0. The quantitative estimate of drug-likeness (QED) is 0.240. The maximum atomic E-state index is 11.9. The van der Waals surface area contributed by atoms with Crippen LogP contribution in [0.15, 0.2) is 62.0 Å². The summed E-state index contributed by atoms with van der Waals surface area (Å²) in [5.74, 6) is -0.00977. The average Bonchev–Trinajstić information content (AvgIpc) is 2.63. The van der Waals surface area contributed by atoms with Crippen LogP contribution >= 0.6 is 0 Å². The molecular formula is C17H15N3O5. The molecule has 1 aromatic carbocycles. The fraction of sp³-hybridized carbons (Fsp3) is 0.176. The number of hydrogen-bond donors (Lipinski definition) is 1. The summed E-state index contributed by atoms with van der Waals surface area (Å²) in [4.78, 5) is 25.8. The maximum absolute atomic E-state index is 11.9. The van der Waals surface area contributed by atoms with Crippen molar-refractivity contribution in [1.82, 2.24) is 4.98 Å². The van der Waals surface area contributed by atoms with Crippen molar-refractivity contribution in [2.45, 2.75) is 13.5 Å². The number of para-hydroxylation sites is 1. The summed E-state index contributed by atoms with van der Waals surface area (Å²) in [6, 6.07) is 9.97. The number of benzene rings is 1. The predicted molar refractivity (Wildman–Crippen MR) is 89.0 cm³/mol. The van der Waals surface area contributed by atoms with Gasteiger partial charge in [0.05, 0.1) is 12.0 Å². The highest BCUT2D eigenvalue weighted by Gasteiger charge is 2.13. The molecule has 0 aliphatic rings. The SMILES string of the molecule is CCOOCc1ccc(N=Nc2c(O)c3ccccc3oc2=O)nc1. The summed E-state index contributed by atoms with van der Waals surface area (Å²) in [5.41, 5.74) is 0.0205. The highest BCUT2D eigenvalue weighted by atomic mass is 17.2. The van der Waals surface area contributed by atoms with Crippen LogP contribution in [0, 0.1) is 0 Å². The Labute approximate surface area is 142 Å². The number of azo groups is 1. The van der Waals surface area contributed by atoms with Crippen molar-refractivity contribution in [3.05, 3.63) is 58.6 Å². The molecule has 0 saturated carbocycles. The Morgan fingerprint density at radius 1 is 1.16 bits per heavy atom. The second kappa shape index (κ2) is 7.65. The van der Waals surface area contributed by atoms with Crippen LogP contribution < -0.4 is 5.63 Å². The van der Waals surface area contributed by atoms with E-state index < -0.39 is 5.63 Å². The lowest BCUT2D eigenvalue weighted by Crippen LogP contribution is -1.98. The number of rotatable bonds is 6. The number of pyridine rings is 1. The first-order valence-electron chi connectivity index (χ1n) is 7.55. The lowest BCUT2D eigenvalue weighted by Gasteiger charge is -2.02. The molecule has 128 valence electrons. The smallest absolute Gasteiger partial charge is 0.368 e. The van der Waals surface area contributed by atoms with E-state index in [0.717, 1.165) is 5.56 Å². The van der Waals surface area contributed by atoms with Gasteiger partial charge in [-0.05, 0) is 30.7 Å². The molecule has 0 bridgehead atoms. The molecule has 0 saturated heterocycles. The van der Waals surface area contributed by atoms with Gasteiger partial charge >= 0.3 is 5.63 Å². The van der Waals surface area contributed by atoms with Gasteiger partial charge in [-0.1, -0.05) is 18.2 Å². The fourth-order valence-corrected chi connectivity index (χ4v) is 2.07. The molecule has 0 atom stereocenters. The largest absolute Gasteiger partial charge is 0.505 e. The zero-order chi connectivity index (χ0) is 17.6. The van der Waals surface area contributed by atoms with Crippen molar-refractivity contribution < 1.29 is 19.3 Å². The lowest BCUT2D eigenvalue weighted by molar-refractivity contribution is -0.300. The standard InChI is InChI=1S/C17H15N3O5/c1-2-23-24-10-11-7-8-14(18-9-11)19-20-15-16(21)12-5-3-4-6-13(12)25-17(15)22/h3-9,21H,2,10H2,1H3.